The first-order chi connectivity index (χ1) is 13.2. The second-order valence-electron chi connectivity index (χ2n) is 8.53. The molecule has 2 aromatic rings. The van der Waals surface area contributed by atoms with Gasteiger partial charge in [-0.3, -0.25) is 14.7 Å². The Morgan fingerprint density at radius 3 is 2.52 bits per heavy atom. The van der Waals surface area contributed by atoms with Crippen LogP contribution in [0.4, 0.5) is 0 Å². The quantitative estimate of drug-likeness (QED) is 0.825. The summed E-state index contributed by atoms with van der Waals surface area (Å²) in [6.45, 7) is 5.05. The Labute approximate surface area is 161 Å². The Hall–Kier alpha value is -2.20. The van der Waals surface area contributed by atoms with E-state index in [0.29, 0.717) is 18.0 Å². The zero-order valence-electron chi connectivity index (χ0n) is 16.0. The molecule has 4 heterocycles. The lowest BCUT2D eigenvalue weighted by atomic mass is 9.94. The van der Waals surface area contributed by atoms with Crippen molar-refractivity contribution in [1.29, 1.82) is 0 Å². The molecular weight excluding hydrogens is 334 g/mol. The molecule has 3 aliphatic heterocycles. The average Bonchev–Trinajstić information content (AvgIpc) is 2.91. The van der Waals surface area contributed by atoms with Crippen LogP contribution in [-0.2, 0) is 12.8 Å². The largest absolute Gasteiger partial charge is 0.334 e. The van der Waals surface area contributed by atoms with Gasteiger partial charge in [0.1, 0.15) is 0 Å². The van der Waals surface area contributed by atoms with Gasteiger partial charge in [-0.1, -0.05) is 24.3 Å². The first-order valence-electron chi connectivity index (χ1n) is 10.2. The second kappa shape index (κ2) is 6.75. The van der Waals surface area contributed by atoms with Crippen LogP contribution in [0.15, 0.2) is 42.7 Å². The van der Waals surface area contributed by atoms with Crippen LogP contribution < -0.4 is 0 Å². The molecule has 2 bridgehead atoms. The standard InChI is InChI=1S/C23H27N3O/c1-16-8-9-24-12-22(16)23(27)26-14-17-6-7-20(26)15-25(13-17)21-10-18-4-2-3-5-19(18)11-21/h2-5,8-9,12,17,20-21H,6-7,10-11,13-15H2,1H3/t17-,20+/m0/s1. The van der Waals surface area contributed by atoms with E-state index in [0.717, 1.165) is 50.0 Å². The molecule has 3 fully saturated rings. The van der Waals surface area contributed by atoms with Crippen molar-refractivity contribution < 1.29 is 4.79 Å². The molecule has 4 heteroatoms. The van der Waals surface area contributed by atoms with Gasteiger partial charge >= 0.3 is 0 Å². The minimum atomic E-state index is 0.173. The average molecular weight is 361 g/mol. The van der Waals surface area contributed by atoms with Crippen LogP contribution in [-0.4, -0.2) is 52.4 Å². The lowest BCUT2D eigenvalue weighted by molar-refractivity contribution is 0.0580. The monoisotopic (exact) mass is 361 g/mol. The van der Waals surface area contributed by atoms with E-state index >= 15 is 0 Å². The molecule has 1 aromatic carbocycles. The maximum Gasteiger partial charge on any atom is 0.255 e. The summed E-state index contributed by atoms with van der Waals surface area (Å²) in [4.78, 5) is 22.3. The number of pyridine rings is 1. The van der Waals surface area contributed by atoms with Crippen molar-refractivity contribution in [2.45, 2.75) is 44.7 Å². The molecule has 4 nitrogen and oxygen atoms in total. The number of carbonyl (C=O) groups excluding carboxylic acids is 1. The fraction of sp³-hybridized carbons (Fsp3) is 0.478. The first-order valence-corrected chi connectivity index (χ1v) is 10.2. The van der Waals surface area contributed by atoms with Gasteiger partial charge in [-0.15, -0.1) is 0 Å². The molecule has 0 spiro atoms. The zero-order chi connectivity index (χ0) is 18.4. The Morgan fingerprint density at radius 1 is 1.00 bits per heavy atom. The molecule has 6 rings (SSSR count). The number of benzene rings is 1. The van der Waals surface area contributed by atoms with Gasteiger partial charge < -0.3 is 4.90 Å². The van der Waals surface area contributed by atoms with E-state index in [4.69, 9.17) is 0 Å². The molecule has 27 heavy (non-hydrogen) atoms. The van der Waals surface area contributed by atoms with Gasteiger partial charge in [0.2, 0.25) is 0 Å². The Kier molecular flexibility index (Phi) is 4.24. The van der Waals surface area contributed by atoms with Crippen molar-refractivity contribution in [3.63, 3.8) is 0 Å². The summed E-state index contributed by atoms with van der Waals surface area (Å²) in [5.41, 5.74) is 4.82. The molecule has 0 radical (unpaired) electrons. The molecule has 3 saturated heterocycles. The number of aryl methyl sites for hydroxylation is 1. The van der Waals surface area contributed by atoms with Crippen molar-refractivity contribution in [2.75, 3.05) is 19.6 Å². The summed E-state index contributed by atoms with van der Waals surface area (Å²) in [5.74, 6) is 0.764. The van der Waals surface area contributed by atoms with E-state index in [-0.39, 0.29) is 5.91 Å². The third kappa shape index (κ3) is 3.06. The Balaban J connectivity index is 1.35. The van der Waals surface area contributed by atoms with Crippen LogP contribution in [0.3, 0.4) is 0 Å². The SMILES string of the molecule is Cc1ccncc1C(=O)N1C[C@H]2CC[C@@H]1CN(C1Cc3ccccc3C1)C2. The van der Waals surface area contributed by atoms with E-state index in [9.17, 15) is 4.79 Å². The summed E-state index contributed by atoms with van der Waals surface area (Å²) < 4.78 is 0. The molecular formula is C23H27N3O. The van der Waals surface area contributed by atoms with E-state index < -0.39 is 0 Å². The summed E-state index contributed by atoms with van der Waals surface area (Å²) in [5, 5.41) is 0. The third-order valence-corrected chi connectivity index (χ3v) is 6.82. The van der Waals surface area contributed by atoms with Crippen molar-refractivity contribution in [1.82, 2.24) is 14.8 Å². The van der Waals surface area contributed by atoms with Gasteiger partial charge in [0.05, 0.1) is 5.56 Å². The summed E-state index contributed by atoms with van der Waals surface area (Å²) in [7, 11) is 0. The fourth-order valence-electron chi connectivity index (χ4n) is 5.30. The van der Waals surface area contributed by atoms with Gasteiger partial charge in [-0.05, 0) is 61.3 Å². The normalized spacial score (nSPS) is 25.4. The number of rotatable bonds is 2. The molecule has 1 amide bonds. The lowest BCUT2D eigenvalue weighted by Crippen LogP contribution is -2.48. The Bertz CT molecular complexity index is 839. The predicted molar refractivity (Wildman–Crippen MR) is 106 cm³/mol. The van der Waals surface area contributed by atoms with Crippen molar-refractivity contribution in [3.05, 3.63) is 65.0 Å². The third-order valence-electron chi connectivity index (χ3n) is 6.82. The number of nitrogens with zero attached hydrogens (tertiary/aromatic N) is 3. The molecule has 1 aliphatic carbocycles. The minimum Gasteiger partial charge on any atom is -0.334 e. The number of piperidine rings is 1. The lowest BCUT2D eigenvalue weighted by Gasteiger charge is -2.36. The van der Waals surface area contributed by atoms with Crippen LogP contribution in [0, 0.1) is 12.8 Å². The highest BCUT2D eigenvalue weighted by molar-refractivity contribution is 5.95. The van der Waals surface area contributed by atoms with Gasteiger partial charge in [0.15, 0.2) is 0 Å². The minimum absolute atomic E-state index is 0.173. The van der Waals surface area contributed by atoms with Gasteiger partial charge in [0.25, 0.3) is 5.91 Å². The number of fused-ring (bicyclic) bond motifs is 5. The molecule has 0 unspecified atom stereocenters. The zero-order valence-corrected chi connectivity index (χ0v) is 16.0. The second-order valence-corrected chi connectivity index (χ2v) is 8.53. The van der Waals surface area contributed by atoms with E-state index in [2.05, 4.69) is 39.0 Å². The molecule has 4 aliphatic rings. The first kappa shape index (κ1) is 16.9. The predicted octanol–water partition coefficient (Wildman–Crippen LogP) is 3.09. The maximum absolute atomic E-state index is 13.2. The molecule has 2 atom stereocenters. The molecule has 0 saturated carbocycles. The number of carbonyl (C=O) groups is 1. The number of hydrogen-bond acceptors (Lipinski definition) is 3. The van der Waals surface area contributed by atoms with Crippen LogP contribution >= 0.6 is 0 Å². The number of amides is 1. The highest BCUT2D eigenvalue weighted by Gasteiger charge is 2.40. The van der Waals surface area contributed by atoms with E-state index in [1.54, 1.807) is 12.4 Å². The van der Waals surface area contributed by atoms with Crippen LogP contribution in [0.2, 0.25) is 0 Å². The summed E-state index contributed by atoms with van der Waals surface area (Å²) >= 11 is 0. The topological polar surface area (TPSA) is 36.4 Å². The van der Waals surface area contributed by atoms with E-state index in [1.165, 1.54) is 17.5 Å². The highest BCUT2D eigenvalue weighted by atomic mass is 16.2. The van der Waals surface area contributed by atoms with Crippen LogP contribution in [0.1, 0.15) is 39.9 Å². The van der Waals surface area contributed by atoms with Crippen LogP contribution in [0.25, 0.3) is 0 Å². The highest BCUT2D eigenvalue weighted by Crippen LogP contribution is 2.33. The van der Waals surface area contributed by atoms with Crippen molar-refractivity contribution in [2.24, 2.45) is 5.92 Å². The maximum atomic E-state index is 13.2. The number of aromatic nitrogens is 1. The van der Waals surface area contributed by atoms with Crippen molar-refractivity contribution >= 4 is 5.91 Å². The summed E-state index contributed by atoms with van der Waals surface area (Å²) in [6, 6.07) is 11.7. The van der Waals surface area contributed by atoms with Gasteiger partial charge in [-0.2, -0.15) is 0 Å². The molecule has 140 valence electrons. The molecule has 0 N–H and O–H groups in total. The van der Waals surface area contributed by atoms with Crippen LogP contribution in [0.5, 0.6) is 0 Å². The summed E-state index contributed by atoms with van der Waals surface area (Å²) in [6.07, 6.45) is 8.20. The van der Waals surface area contributed by atoms with Crippen molar-refractivity contribution in [3.8, 4) is 0 Å². The fourth-order valence-corrected chi connectivity index (χ4v) is 5.30. The van der Waals surface area contributed by atoms with Gasteiger partial charge in [-0.25, -0.2) is 0 Å². The number of hydrogen-bond donors (Lipinski definition) is 0. The molecule has 1 aromatic heterocycles. The smallest absolute Gasteiger partial charge is 0.255 e. The van der Waals surface area contributed by atoms with E-state index in [1.807, 2.05) is 13.0 Å². The Morgan fingerprint density at radius 2 is 1.78 bits per heavy atom. The van der Waals surface area contributed by atoms with Gasteiger partial charge in [0, 0.05) is 44.1 Å².